The molecule has 7 heteroatoms. The minimum Gasteiger partial charge on any atom is -0.495 e. The Morgan fingerprint density at radius 3 is 2.63 bits per heavy atom. The van der Waals surface area contributed by atoms with Gasteiger partial charge in [-0.2, -0.15) is 5.26 Å². The van der Waals surface area contributed by atoms with Gasteiger partial charge in [0, 0.05) is 11.4 Å². The molecular weight excluding hydrogens is 346 g/mol. The molecule has 0 saturated heterocycles. The molecule has 0 radical (unpaired) electrons. The van der Waals surface area contributed by atoms with E-state index in [0.29, 0.717) is 34.0 Å². The topological polar surface area (TPSA) is 104 Å². The number of rotatable bonds is 6. The summed E-state index contributed by atoms with van der Waals surface area (Å²) in [6.45, 7) is 5.46. The van der Waals surface area contributed by atoms with Crippen LogP contribution in [0.2, 0.25) is 0 Å². The van der Waals surface area contributed by atoms with Gasteiger partial charge in [-0.3, -0.25) is 4.79 Å². The molecule has 140 valence electrons. The minimum absolute atomic E-state index is 0.110. The summed E-state index contributed by atoms with van der Waals surface area (Å²) in [5.41, 5.74) is 2.48. The first-order valence-electron chi connectivity index (χ1n) is 8.35. The van der Waals surface area contributed by atoms with Gasteiger partial charge in [0.1, 0.15) is 17.4 Å². The number of esters is 1. The number of nitrogens with one attached hydrogen (secondary N) is 2. The molecule has 0 spiro atoms. The number of amides is 1. The fraction of sp³-hybridized carbons (Fsp3) is 0.250. The highest BCUT2D eigenvalue weighted by Gasteiger charge is 2.20. The van der Waals surface area contributed by atoms with E-state index >= 15 is 0 Å². The fourth-order valence-corrected chi connectivity index (χ4v) is 2.66. The maximum absolute atomic E-state index is 12.5. The molecule has 0 unspecified atom stereocenters. The van der Waals surface area contributed by atoms with E-state index in [1.807, 2.05) is 6.07 Å². The van der Waals surface area contributed by atoms with Crippen LogP contribution in [0.25, 0.3) is 6.08 Å². The monoisotopic (exact) mass is 367 g/mol. The number of aromatic amines is 1. The molecule has 1 amide bonds. The van der Waals surface area contributed by atoms with Gasteiger partial charge in [-0.15, -0.1) is 0 Å². The molecule has 0 aliphatic heterocycles. The van der Waals surface area contributed by atoms with Crippen molar-refractivity contribution in [2.24, 2.45) is 0 Å². The zero-order valence-electron chi connectivity index (χ0n) is 15.7. The van der Waals surface area contributed by atoms with Gasteiger partial charge in [0.2, 0.25) is 0 Å². The van der Waals surface area contributed by atoms with Crippen LogP contribution in [0.5, 0.6) is 5.75 Å². The van der Waals surface area contributed by atoms with Gasteiger partial charge in [-0.1, -0.05) is 12.1 Å². The number of aromatic nitrogens is 1. The maximum atomic E-state index is 12.5. The summed E-state index contributed by atoms with van der Waals surface area (Å²) in [6, 6.07) is 8.79. The lowest BCUT2D eigenvalue weighted by atomic mass is 10.1. The SMILES string of the molecule is CCOC(=O)c1c(C)[nH]c(/C=C(\C#N)C(=O)Nc2ccccc2OC)c1C. The molecule has 0 aliphatic carbocycles. The van der Waals surface area contributed by atoms with Gasteiger partial charge in [-0.25, -0.2) is 4.79 Å². The Hall–Kier alpha value is -3.53. The Labute approximate surface area is 157 Å². The molecule has 0 aliphatic rings. The van der Waals surface area contributed by atoms with Crippen LogP contribution in [0.3, 0.4) is 0 Å². The zero-order chi connectivity index (χ0) is 20.0. The third-order valence-corrected chi connectivity index (χ3v) is 3.96. The van der Waals surface area contributed by atoms with Crippen LogP contribution in [0.15, 0.2) is 29.8 Å². The van der Waals surface area contributed by atoms with E-state index in [1.54, 1.807) is 45.0 Å². The third-order valence-electron chi connectivity index (χ3n) is 3.96. The molecule has 1 aromatic carbocycles. The van der Waals surface area contributed by atoms with Crippen molar-refractivity contribution in [3.63, 3.8) is 0 Å². The van der Waals surface area contributed by atoms with Gasteiger partial charge in [-0.05, 0) is 44.5 Å². The number of carbonyl (C=O) groups excluding carboxylic acids is 2. The van der Waals surface area contributed by atoms with Crippen molar-refractivity contribution >= 4 is 23.6 Å². The molecule has 1 aromatic heterocycles. The first-order valence-corrected chi connectivity index (χ1v) is 8.35. The third kappa shape index (κ3) is 4.36. The summed E-state index contributed by atoms with van der Waals surface area (Å²) in [6.07, 6.45) is 1.41. The predicted molar refractivity (Wildman–Crippen MR) is 101 cm³/mol. The first kappa shape index (κ1) is 19.8. The highest BCUT2D eigenvalue weighted by atomic mass is 16.5. The molecule has 2 rings (SSSR count). The highest BCUT2D eigenvalue weighted by Crippen LogP contribution is 2.25. The predicted octanol–water partition coefficient (Wildman–Crippen LogP) is 3.36. The number of nitrogens with zero attached hydrogens (tertiary/aromatic N) is 1. The second-order valence-corrected chi connectivity index (χ2v) is 5.71. The van der Waals surface area contributed by atoms with E-state index in [4.69, 9.17) is 9.47 Å². The van der Waals surface area contributed by atoms with Gasteiger partial charge in [0.25, 0.3) is 5.91 Å². The van der Waals surface area contributed by atoms with Crippen LogP contribution in [-0.4, -0.2) is 30.6 Å². The molecule has 0 atom stereocenters. The Morgan fingerprint density at radius 1 is 1.30 bits per heavy atom. The second-order valence-electron chi connectivity index (χ2n) is 5.71. The van der Waals surface area contributed by atoms with Crippen molar-refractivity contribution in [2.75, 3.05) is 19.0 Å². The minimum atomic E-state index is -0.577. The van der Waals surface area contributed by atoms with Crippen LogP contribution in [0.1, 0.15) is 34.2 Å². The summed E-state index contributed by atoms with van der Waals surface area (Å²) >= 11 is 0. The number of hydrogen-bond donors (Lipinski definition) is 2. The zero-order valence-corrected chi connectivity index (χ0v) is 15.7. The van der Waals surface area contributed by atoms with E-state index in [1.165, 1.54) is 13.2 Å². The highest BCUT2D eigenvalue weighted by molar-refractivity contribution is 6.10. The molecule has 1 heterocycles. The summed E-state index contributed by atoms with van der Waals surface area (Å²) in [4.78, 5) is 27.6. The lowest BCUT2D eigenvalue weighted by molar-refractivity contribution is -0.112. The van der Waals surface area contributed by atoms with Crippen LogP contribution in [0, 0.1) is 25.2 Å². The van der Waals surface area contributed by atoms with Crippen molar-refractivity contribution in [2.45, 2.75) is 20.8 Å². The van der Waals surface area contributed by atoms with Crippen molar-refractivity contribution in [3.05, 3.63) is 52.4 Å². The summed E-state index contributed by atoms with van der Waals surface area (Å²) < 4.78 is 10.2. The number of nitriles is 1. The normalized spacial score (nSPS) is 10.9. The number of H-pyrrole nitrogens is 1. The molecule has 0 fully saturated rings. The Balaban J connectivity index is 2.33. The van der Waals surface area contributed by atoms with Crippen molar-refractivity contribution in [1.29, 1.82) is 5.26 Å². The number of aryl methyl sites for hydroxylation is 1. The number of ether oxygens (including phenoxy) is 2. The van der Waals surface area contributed by atoms with Gasteiger partial charge in [0.15, 0.2) is 0 Å². The van der Waals surface area contributed by atoms with Crippen LogP contribution in [0.4, 0.5) is 5.69 Å². The number of anilines is 1. The lowest BCUT2D eigenvalue weighted by Gasteiger charge is -2.09. The molecule has 0 bridgehead atoms. The number of benzene rings is 1. The number of para-hydroxylation sites is 2. The molecule has 0 saturated carbocycles. The summed E-state index contributed by atoms with van der Waals surface area (Å²) in [5.74, 6) is -0.536. The molecule has 7 nitrogen and oxygen atoms in total. The Kier molecular flexibility index (Phi) is 6.39. The maximum Gasteiger partial charge on any atom is 0.340 e. The molecule has 2 N–H and O–H groups in total. The Morgan fingerprint density at radius 2 is 2.00 bits per heavy atom. The first-order chi connectivity index (χ1) is 12.9. The number of methoxy groups -OCH3 is 1. The van der Waals surface area contributed by atoms with Crippen molar-refractivity contribution in [3.8, 4) is 11.8 Å². The van der Waals surface area contributed by atoms with E-state index in [9.17, 15) is 14.9 Å². The van der Waals surface area contributed by atoms with E-state index in [0.717, 1.165) is 0 Å². The van der Waals surface area contributed by atoms with Crippen LogP contribution in [-0.2, 0) is 9.53 Å². The average molecular weight is 367 g/mol. The van der Waals surface area contributed by atoms with Crippen LogP contribution < -0.4 is 10.1 Å². The standard InChI is InChI=1S/C20H21N3O4/c1-5-27-20(25)18-12(2)16(22-13(18)3)10-14(11-21)19(24)23-15-8-6-7-9-17(15)26-4/h6-10,22H,5H2,1-4H3,(H,23,24)/b14-10+. The van der Waals surface area contributed by atoms with Crippen LogP contribution >= 0.6 is 0 Å². The lowest BCUT2D eigenvalue weighted by Crippen LogP contribution is -2.14. The quantitative estimate of drug-likeness (QED) is 0.463. The van der Waals surface area contributed by atoms with Gasteiger partial charge in [0.05, 0.1) is 25.0 Å². The number of carbonyl (C=O) groups is 2. The summed E-state index contributed by atoms with van der Waals surface area (Å²) in [7, 11) is 1.49. The number of hydrogen-bond acceptors (Lipinski definition) is 5. The van der Waals surface area contributed by atoms with Gasteiger partial charge < -0.3 is 19.8 Å². The summed E-state index contributed by atoms with van der Waals surface area (Å²) in [5, 5.41) is 12.1. The Bertz CT molecular complexity index is 935. The van der Waals surface area contributed by atoms with Crippen molar-refractivity contribution in [1.82, 2.24) is 4.98 Å². The molecule has 2 aromatic rings. The average Bonchev–Trinajstić information content (AvgIpc) is 2.93. The largest absolute Gasteiger partial charge is 0.495 e. The van der Waals surface area contributed by atoms with E-state index in [-0.39, 0.29) is 12.2 Å². The van der Waals surface area contributed by atoms with Gasteiger partial charge >= 0.3 is 5.97 Å². The molecule has 27 heavy (non-hydrogen) atoms. The smallest absolute Gasteiger partial charge is 0.340 e. The second kappa shape index (κ2) is 8.72. The molecular formula is C20H21N3O4. The van der Waals surface area contributed by atoms with E-state index < -0.39 is 11.9 Å². The fourth-order valence-electron chi connectivity index (χ4n) is 2.66. The van der Waals surface area contributed by atoms with E-state index in [2.05, 4.69) is 10.3 Å². The van der Waals surface area contributed by atoms with Crippen molar-refractivity contribution < 1.29 is 19.1 Å².